The Balaban J connectivity index is 3.40. The van der Waals surface area contributed by atoms with Crippen LogP contribution in [0.15, 0.2) is 0 Å². The molecule has 0 atom stereocenters. The molecule has 1 N–H and O–H groups in total. The minimum absolute atomic E-state index is 0.0384. The molecule has 12 heavy (non-hydrogen) atoms. The quantitative estimate of drug-likeness (QED) is 0.622. The van der Waals surface area contributed by atoms with E-state index in [2.05, 4.69) is 5.32 Å². The Bertz CT molecular complexity index is 233. The van der Waals surface area contributed by atoms with Crippen LogP contribution in [0.1, 0.15) is 19.8 Å². The van der Waals surface area contributed by atoms with Gasteiger partial charge in [-0.15, -0.1) is 0 Å². The second kappa shape index (κ2) is 5.13. The van der Waals surface area contributed by atoms with Crippen LogP contribution in [0.25, 0.3) is 0 Å². The summed E-state index contributed by atoms with van der Waals surface area (Å²) in [5, 5.41) is 2.60. The van der Waals surface area contributed by atoms with Gasteiger partial charge in [0.15, 0.2) is 0 Å². The molecule has 0 saturated heterocycles. The molecule has 1 amide bonds. The molecule has 4 nitrogen and oxygen atoms in total. The monoisotopic (exact) mass is 193 g/mol. The number of rotatable bonds is 5. The molecule has 0 aliphatic rings. The van der Waals surface area contributed by atoms with Crippen LogP contribution in [0.5, 0.6) is 0 Å². The molecule has 0 spiro atoms. The Morgan fingerprint density at radius 3 is 2.42 bits per heavy atom. The normalized spacial score (nSPS) is 11.2. The molecule has 0 aromatic carbocycles. The first-order chi connectivity index (χ1) is 5.45. The van der Waals surface area contributed by atoms with Crippen molar-refractivity contribution < 1.29 is 13.2 Å². The van der Waals surface area contributed by atoms with Gasteiger partial charge >= 0.3 is 0 Å². The molecule has 0 aliphatic heterocycles. The zero-order valence-corrected chi connectivity index (χ0v) is 8.28. The van der Waals surface area contributed by atoms with E-state index in [-0.39, 0.29) is 11.7 Å². The lowest BCUT2D eigenvalue weighted by Crippen LogP contribution is -2.24. The summed E-state index contributed by atoms with van der Waals surface area (Å²) in [6.45, 7) is 2.20. The Morgan fingerprint density at radius 1 is 1.42 bits per heavy atom. The number of carbonyl (C=O) groups is 1. The molecule has 0 aliphatic carbocycles. The Kier molecular flexibility index (Phi) is 4.89. The lowest BCUT2D eigenvalue weighted by atomic mass is 10.4. The van der Waals surface area contributed by atoms with Gasteiger partial charge in [0.25, 0.3) is 0 Å². The van der Waals surface area contributed by atoms with E-state index in [1.165, 1.54) is 6.26 Å². The van der Waals surface area contributed by atoms with Gasteiger partial charge in [0.2, 0.25) is 5.91 Å². The molecule has 0 unspecified atom stereocenters. The van der Waals surface area contributed by atoms with E-state index in [1.54, 1.807) is 6.92 Å². The van der Waals surface area contributed by atoms with Gasteiger partial charge in [-0.2, -0.15) is 0 Å². The van der Waals surface area contributed by atoms with Crippen molar-refractivity contribution in [2.24, 2.45) is 0 Å². The highest BCUT2D eigenvalue weighted by atomic mass is 32.2. The average Bonchev–Trinajstić information content (AvgIpc) is 1.96. The third-order valence-electron chi connectivity index (χ3n) is 1.34. The first kappa shape index (κ1) is 11.4. The van der Waals surface area contributed by atoms with Crippen LogP contribution in [0.4, 0.5) is 0 Å². The number of amides is 1. The lowest BCUT2D eigenvalue weighted by molar-refractivity contribution is -0.120. The summed E-state index contributed by atoms with van der Waals surface area (Å²) in [6, 6.07) is 0. The molecule has 0 radical (unpaired) electrons. The first-order valence-corrected chi connectivity index (χ1v) is 5.96. The summed E-state index contributed by atoms with van der Waals surface area (Å²) in [6.07, 6.45) is 2.12. The summed E-state index contributed by atoms with van der Waals surface area (Å²) in [7, 11) is -2.88. The van der Waals surface area contributed by atoms with Crippen LogP contribution in [0, 0.1) is 0 Å². The standard InChI is InChI=1S/C7H15NO3S/c1-3-7(9)8-5-4-6-12(2,10)11/h3-6H2,1-2H3,(H,8,9). The predicted molar refractivity (Wildman–Crippen MR) is 47.6 cm³/mol. The van der Waals surface area contributed by atoms with E-state index >= 15 is 0 Å². The molecular formula is C7H15NO3S. The third-order valence-corrected chi connectivity index (χ3v) is 2.37. The molecular weight excluding hydrogens is 178 g/mol. The number of sulfone groups is 1. The van der Waals surface area contributed by atoms with Crippen LogP contribution in [-0.4, -0.2) is 32.9 Å². The maximum atomic E-state index is 10.7. The highest BCUT2D eigenvalue weighted by Gasteiger charge is 2.01. The fraction of sp³-hybridized carbons (Fsp3) is 0.857. The summed E-state index contributed by atoms with van der Waals surface area (Å²) in [5.41, 5.74) is 0. The van der Waals surface area contributed by atoms with Crippen molar-refractivity contribution in [3.8, 4) is 0 Å². The maximum absolute atomic E-state index is 10.7. The van der Waals surface area contributed by atoms with Gasteiger partial charge in [0, 0.05) is 19.2 Å². The zero-order valence-electron chi connectivity index (χ0n) is 7.46. The van der Waals surface area contributed by atoms with E-state index < -0.39 is 9.84 Å². The van der Waals surface area contributed by atoms with Crippen molar-refractivity contribution in [1.29, 1.82) is 0 Å². The first-order valence-electron chi connectivity index (χ1n) is 3.90. The molecule has 0 saturated carbocycles. The average molecular weight is 193 g/mol. The minimum Gasteiger partial charge on any atom is -0.356 e. The van der Waals surface area contributed by atoms with Gasteiger partial charge < -0.3 is 5.32 Å². The Labute approximate surface area is 73.3 Å². The van der Waals surface area contributed by atoms with E-state index in [1.807, 2.05) is 0 Å². The fourth-order valence-corrected chi connectivity index (χ4v) is 1.36. The van der Waals surface area contributed by atoms with Crippen LogP contribution in [0.2, 0.25) is 0 Å². The van der Waals surface area contributed by atoms with Gasteiger partial charge in [0.05, 0.1) is 5.75 Å². The smallest absolute Gasteiger partial charge is 0.219 e. The molecule has 0 fully saturated rings. The summed E-state index contributed by atoms with van der Waals surface area (Å²) in [5.74, 6) is 0.0975. The van der Waals surface area contributed by atoms with Crippen LogP contribution in [0.3, 0.4) is 0 Å². The van der Waals surface area contributed by atoms with Crippen LogP contribution < -0.4 is 5.32 Å². The van der Waals surface area contributed by atoms with Crippen molar-refractivity contribution in [1.82, 2.24) is 5.32 Å². The minimum atomic E-state index is -2.88. The molecule has 0 aromatic rings. The molecule has 0 rings (SSSR count). The van der Waals surface area contributed by atoms with E-state index in [4.69, 9.17) is 0 Å². The molecule has 0 bridgehead atoms. The Hall–Kier alpha value is -0.580. The number of hydrogen-bond donors (Lipinski definition) is 1. The molecule has 5 heteroatoms. The van der Waals surface area contributed by atoms with Gasteiger partial charge in [-0.3, -0.25) is 4.79 Å². The number of nitrogens with one attached hydrogen (secondary N) is 1. The molecule has 72 valence electrons. The summed E-state index contributed by atoms with van der Waals surface area (Å²) in [4.78, 5) is 10.7. The second-order valence-electron chi connectivity index (χ2n) is 2.69. The van der Waals surface area contributed by atoms with E-state index in [9.17, 15) is 13.2 Å². The van der Waals surface area contributed by atoms with Crippen molar-refractivity contribution in [3.05, 3.63) is 0 Å². The summed E-state index contributed by atoms with van der Waals surface area (Å²) < 4.78 is 21.3. The van der Waals surface area contributed by atoms with E-state index in [0.717, 1.165) is 0 Å². The molecule has 0 aromatic heterocycles. The van der Waals surface area contributed by atoms with Crippen molar-refractivity contribution in [2.75, 3.05) is 18.6 Å². The SMILES string of the molecule is CCC(=O)NCCCS(C)(=O)=O. The predicted octanol–water partition coefficient (Wildman–Crippen LogP) is -0.0527. The fourth-order valence-electron chi connectivity index (χ4n) is 0.687. The third kappa shape index (κ3) is 7.53. The van der Waals surface area contributed by atoms with Crippen LogP contribution in [-0.2, 0) is 14.6 Å². The van der Waals surface area contributed by atoms with Crippen molar-refractivity contribution in [2.45, 2.75) is 19.8 Å². The van der Waals surface area contributed by atoms with Gasteiger partial charge in [-0.05, 0) is 6.42 Å². The number of hydrogen-bond acceptors (Lipinski definition) is 3. The van der Waals surface area contributed by atoms with Gasteiger partial charge in [-0.25, -0.2) is 8.42 Å². The largest absolute Gasteiger partial charge is 0.356 e. The highest BCUT2D eigenvalue weighted by Crippen LogP contribution is 1.87. The zero-order chi connectivity index (χ0) is 9.61. The van der Waals surface area contributed by atoms with Crippen LogP contribution >= 0.6 is 0 Å². The van der Waals surface area contributed by atoms with E-state index in [0.29, 0.717) is 19.4 Å². The lowest BCUT2D eigenvalue weighted by Gasteiger charge is -2.01. The van der Waals surface area contributed by atoms with Crippen molar-refractivity contribution in [3.63, 3.8) is 0 Å². The Morgan fingerprint density at radius 2 is 2.00 bits per heavy atom. The van der Waals surface area contributed by atoms with Gasteiger partial charge in [-0.1, -0.05) is 6.92 Å². The highest BCUT2D eigenvalue weighted by molar-refractivity contribution is 7.90. The van der Waals surface area contributed by atoms with Crippen molar-refractivity contribution >= 4 is 15.7 Å². The topological polar surface area (TPSA) is 63.2 Å². The summed E-state index contributed by atoms with van der Waals surface area (Å²) >= 11 is 0. The maximum Gasteiger partial charge on any atom is 0.219 e. The molecule has 0 heterocycles. The second-order valence-corrected chi connectivity index (χ2v) is 4.95. The van der Waals surface area contributed by atoms with Gasteiger partial charge in [0.1, 0.15) is 9.84 Å². The number of carbonyl (C=O) groups excluding carboxylic acids is 1.